The minimum Gasteiger partial charge on any atom is -0.489 e. The topological polar surface area (TPSA) is 59.1 Å². The number of ether oxygens (including phenoxy) is 1. The van der Waals surface area contributed by atoms with Crippen molar-refractivity contribution in [3.63, 3.8) is 0 Å². The minimum atomic E-state index is -0.939. The van der Waals surface area contributed by atoms with E-state index in [9.17, 15) is 8.78 Å². The van der Waals surface area contributed by atoms with Crippen LogP contribution in [-0.2, 0) is 6.61 Å². The molecule has 0 aliphatic rings. The van der Waals surface area contributed by atoms with Crippen LogP contribution in [0, 0.1) is 24.0 Å². The van der Waals surface area contributed by atoms with E-state index in [1.807, 2.05) is 6.92 Å². The largest absolute Gasteiger partial charge is 0.489 e. The molecule has 0 amide bonds. The predicted molar refractivity (Wildman–Crippen MR) is 72.9 cm³/mol. The molecule has 104 valence electrons. The molecular weight excluding hydrogens is 262 g/mol. The van der Waals surface area contributed by atoms with Gasteiger partial charge >= 0.3 is 0 Å². The molecule has 0 spiro atoms. The highest BCUT2D eigenvalue weighted by Gasteiger charge is 2.06. The summed E-state index contributed by atoms with van der Waals surface area (Å²) in [5.41, 5.74) is 7.85. The zero-order chi connectivity index (χ0) is 14.7. The minimum absolute atomic E-state index is 0.00109. The molecule has 0 aliphatic heterocycles. The first-order valence-electron chi connectivity index (χ1n) is 5.99. The van der Waals surface area contributed by atoms with Crippen LogP contribution in [0.4, 0.5) is 8.78 Å². The summed E-state index contributed by atoms with van der Waals surface area (Å²) in [6, 6.07) is 8.71. The van der Waals surface area contributed by atoms with Crippen LogP contribution in [0.2, 0.25) is 0 Å². The number of hydrogen-bond donors (Lipinski definition) is 2. The van der Waals surface area contributed by atoms with E-state index in [0.717, 1.165) is 23.3 Å². The maximum Gasteiger partial charge on any atom is 0.162 e. The van der Waals surface area contributed by atoms with Gasteiger partial charge in [-0.2, -0.15) is 0 Å². The van der Waals surface area contributed by atoms with Crippen LogP contribution >= 0.6 is 0 Å². The highest BCUT2D eigenvalue weighted by atomic mass is 19.2. The first-order valence-corrected chi connectivity index (χ1v) is 5.99. The fourth-order valence-electron chi connectivity index (χ4n) is 1.75. The van der Waals surface area contributed by atoms with E-state index < -0.39 is 11.6 Å². The van der Waals surface area contributed by atoms with E-state index in [2.05, 4.69) is 0 Å². The zero-order valence-corrected chi connectivity index (χ0v) is 10.9. The molecular formula is C15H14F2N2O. The summed E-state index contributed by atoms with van der Waals surface area (Å²) >= 11 is 0. The molecule has 0 bridgehead atoms. The predicted octanol–water partition coefficient (Wildman–Crippen LogP) is 3.14. The van der Waals surface area contributed by atoms with Gasteiger partial charge in [-0.3, -0.25) is 5.41 Å². The third kappa shape index (κ3) is 3.12. The monoisotopic (exact) mass is 276 g/mol. The van der Waals surface area contributed by atoms with E-state index in [1.165, 1.54) is 6.07 Å². The molecule has 0 unspecified atom stereocenters. The Labute approximate surface area is 115 Å². The first kappa shape index (κ1) is 14.0. The molecule has 3 nitrogen and oxygen atoms in total. The summed E-state index contributed by atoms with van der Waals surface area (Å²) in [5.74, 6) is -1.58. The molecule has 20 heavy (non-hydrogen) atoms. The number of benzene rings is 2. The summed E-state index contributed by atoms with van der Waals surface area (Å²) in [5, 5.41) is 7.35. The summed E-state index contributed by atoms with van der Waals surface area (Å²) in [6.07, 6.45) is 0. The summed E-state index contributed by atoms with van der Waals surface area (Å²) < 4.78 is 31.2. The molecule has 0 atom stereocenters. The van der Waals surface area contributed by atoms with Crippen LogP contribution in [-0.4, -0.2) is 5.84 Å². The van der Waals surface area contributed by atoms with Crippen molar-refractivity contribution < 1.29 is 13.5 Å². The molecule has 2 aromatic rings. The van der Waals surface area contributed by atoms with Gasteiger partial charge in [0.2, 0.25) is 0 Å². The molecule has 3 N–H and O–H groups in total. The van der Waals surface area contributed by atoms with Crippen LogP contribution in [0.25, 0.3) is 0 Å². The Balaban J connectivity index is 2.10. The second-order valence-corrected chi connectivity index (χ2v) is 4.42. The lowest BCUT2D eigenvalue weighted by Gasteiger charge is -2.10. The Morgan fingerprint density at radius 1 is 1.15 bits per heavy atom. The summed E-state index contributed by atoms with van der Waals surface area (Å²) in [6.45, 7) is 2.10. The molecule has 0 aromatic heterocycles. The van der Waals surface area contributed by atoms with Crippen LogP contribution in [0.15, 0.2) is 36.4 Å². The second-order valence-electron chi connectivity index (χ2n) is 4.42. The third-order valence-electron chi connectivity index (χ3n) is 2.94. The number of halogens is 2. The van der Waals surface area contributed by atoms with Crippen LogP contribution < -0.4 is 10.5 Å². The van der Waals surface area contributed by atoms with E-state index >= 15 is 0 Å². The average molecular weight is 276 g/mol. The molecule has 0 saturated heterocycles. The van der Waals surface area contributed by atoms with Gasteiger partial charge in [0, 0.05) is 11.6 Å². The lowest BCUT2D eigenvalue weighted by molar-refractivity contribution is 0.302. The molecule has 2 aromatic carbocycles. The molecule has 0 heterocycles. The highest BCUT2D eigenvalue weighted by Crippen LogP contribution is 2.18. The second kappa shape index (κ2) is 5.69. The van der Waals surface area contributed by atoms with Gasteiger partial charge in [0.15, 0.2) is 11.6 Å². The molecule has 0 radical (unpaired) electrons. The maximum atomic E-state index is 13.0. The zero-order valence-electron chi connectivity index (χ0n) is 10.9. The van der Waals surface area contributed by atoms with Crippen molar-refractivity contribution in [3.05, 3.63) is 64.7 Å². The van der Waals surface area contributed by atoms with E-state index in [4.69, 9.17) is 15.9 Å². The van der Waals surface area contributed by atoms with Gasteiger partial charge in [0.05, 0.1) is 0 Å². The number of hydrogen-bond acceptors (Lipinski definition) is 2. The fourth-order valence-corrected chi connectivity index (χ4v) is 1.75. The number of nitrogens with one attached hydrogen (secondary N) is 1. The first-order chi connectivity index (χ1) is 9.47. The van der Waals surface area contributed by atoms with Gasteiger partial charge in [-0.15, -0.1) is 0 Å². The van der Waals surface area contributed by atoms with Crippen molar-refractivity contribution in [2.24, 2.45) is 5.73 Å². The Hall–Kier alpha value is -2.43. The number of nitrogens with two attached hydrogens (primary N) is 1. The van der Waals surface area contributed by atoms with Gasteiger partial charge in [-0.1, -0.05) is 12.1 Å². The number of nitrogen functional groups attached to an aromatic ring is 1. The maximum absolute atomic E-state index is 13.0. The summed E-state index contributed by atoms with van der Waals surface area (Å²) in [4.78, 5) is 0. The Kier molecular flexibility index (Phi) is 3.98. The van der Waals surface area contributed by atoms with E-state index in [1.54, 1.807) is 18.2 Å². The standard InChI is InChI=1S/C15H14F2N2O/c1-9-6-10(15(18)19)2-3-11(9)8-20-12-4-5-13(16)14(17)7-12/h2-7H,8H2,1H3,(H3,18,19). The Bertz CT molecular complexity index is 656. The lowest BCUT2D eigenvalue weighted by atomic mass is 10.1. The molecule has 5 heteroatoms. The molecule has 0 saturated carbocycles. The Morgan fingerprint density at radius 3 is 2.50 bits per heavy atom. The van der Waals surface area contributed by atoms with Gasteiger partial charge in [-0.05, 0) is 36.2 Å². The lowest BCUT2D eigenvalue weighted by Crippen LogP contribution is -2.11. The molecule has 2 rings (SSSR count). The van der Waals surface area contributed by atoms with Gasteiger partial charge < -0.3 is 10.5 Å². The van der Waals surface area contributed by atoms with Crippen LogP contribution in [0.3, 0.4) is 0 Å². The van der Waals surface area contributed by atoms with Gasteiger partial charge in [0.1, 0.15) is 18.2 Å². The average Bonchev–Trinajstić information content (AvgIpc) is 2.41. The highest BCUT2D eigenvalue weighted by molar-refractivity contribution is 5.95. The smallest absolute Gasteiger partial charge is 0.162 e. The van der Waals surface area contributed by atoms with Crippen molar-refractivity contribution in [3.8, 4) is 5.75 Å². The fraction of sp³-hybridized carbons (Fsp3) is 0.133. The van der Waals surface area contributed by atoms with Crippen molar-refractivity contribution >= 4 is 5.84 Å². The summed E-state index contributed by atoms with van der Waals surface area (Å²) in [7, 11) is 0. The SMILES string of the molecule is Cc1cc(C(=N)N)ccc1COc1ccc(F)c(F)c1. The third-order valence-corrected chi connectivity index (χ3v) is 2.94. The number of rotatable bonds is 4. The van der Waals surface area contributed by atoms with E-state index in [0.29, 0.717) is 5.56 Å². The van der Waals surface area contributed by atoms with Crippen LogP contribution in [0.5, 0.6) is 5.75 Å². The van der Waals surface area contributed by atoms with Crippen molar-refractivity contribution in [1.29, 1.82) is 5.41 Å². The molecule has 0 aliphatic carbocycles. The number of amidine groups is 1. The Morgan fingerprint density at radius 2 is 1.90 bits per heavy atom. The quantitative estimate of drug-likeness (QED) is 0.665. The van der Waals surface area contributed by atoms with Crippen molar-refractivity contribution in [2.45, 2.75) is 13.5 Å². The number of aryl methyl sites for hydroxylation is 1. The normalized spacial score (nSPS) is 10.3. The van der Waals surface area contributed by atoms with Gasteiger partial charge in [0.25, 0.3) is 0 Å². The van der Waals surface area contributed by atoms with Crippen molar-refractivity contribution in [1.82, 2.24) is 0 Å². The van der Waals surface area contributed by atoms with Gasteiger partial charge in [-0.25, -0.2) is 8.78 Å². The molecule has 0 fully saturated rings. The van der Waals surface area contributed by atoms with E-state index in [-0.39, 0.29) is 18.2 Å². The van der Waals surface area contributed by atoms with Crippen molar-refractivity contribution in [2.75, 3.05) is 0 Å². The van der Waals surface area contributed by atoms with Crippen LogP contribution in [0.1, 0.15) is 16.7 Å².